The van der Waals surface area contributed by atoms with Gasteiger partial charge in [0, 0.05) is 12.7 Å². The van der Waals surface area contributed by atoms with Gasteiger partial charge in [-0.15, -0.1) is 5.10 Å². The van der Waals surface area contributed by atoms with Crippen LogP contribution in [0.1, 0.15) is 18.4 Å². The highest BCUT2D eigenvalue weighted by molar-refractivity contribution is 5.42. The van der Waals surface area contributed by atoms with Crippen LogP contribution in [-0.4, -0.2) is 59.0 Å². The Bertz CT molecular complexity index is 828. The molecule has 1 aliphatic rings. The van der Waals surface area contributed by atoms with Gasteiger partial charge in [0.05, 0.1) is 25.0 Å². The average Bonchev–Trinajstić information content (AvgIpc) is 3.27. The number of nitrogens with zero attached hydrogens (tertiary/aromatic N) is 8. The molecule has 3 heterocycles. The van der Waals surface area contributed by atoms with Crippen molar-refractivity contribution in [2.75, 3.05) is 18.0 Å². The summed E-state index contributed by atoms with van der Waals surface area (Å²) in [4.78, 5) is 2.03. The van der Waals surface area contributed by atoms with Gasteiger partial charge in [-0.25, -0.2) is 4.68 Å². The molecule has 0 radical (unpaired) electrons. The van der Waals surface area contributed by atoms with Crippen LogP contribution in [0.25, 0.3) is 5.69 Å². The molecule has 1 saturated heterocycles. The summed E-state index contributed by atoms with van der Waals surface area (Å²) < 4.78 is 3.37. The Hall–Kier alpha value is -2.81. The molecule has 0 amide bonds. The summed E-state index contributed by atoms with van der Waals surface area (Å²) in [5.41, 5.74) is 1.19. The van der Waals surface area contributed by atoms with E-state index in [4.69, 9.17) is 0 Å². The lowest BCUT2D eigenvalue weighted by Gasteiger charge is -2.39. The first-order valence-electron chi connectivity index (χ1n) is 8.30. The normalized spacial score (nSPS) is 20.8. The van der Waals surface area contributed by atoms with Gasteiger partial charge in [-0.05, 0) is 42.3 Å². The number of rotatable bonds is 4. The summed E-state index contributed by atoms with van der Waals surface area (Å²) in [5, 5.41) is 30.9. The van der Waals surface area contributed by atoms with Crippen molar-refractivity contribution in [2.24, 2.45) is 0 Å². The van der Waals surface area contributed by atoms with E-state index in [1.165, 1.54) is 5.56 Å². The molecule has 25 heavy (non-hydrogen) atoms. The lowest BCUT2D eigenvalue weighted by atomic mass is 9.93. The third-order valence-corrected chi connectivity index (χ3v) is 4.50. The SMILES string of the molecule is Cc1ccc(-n2nnnc2N2CCCC(O)(Cn3ccnn3)C2)cc1. The van der Waals surface area contributed by atoms with Crippen LogP contribution in [0.5, 0.6) is 0 Å². The van der Waals surface area contributed by atoms with Crippen molar-refractivity contribution in [3.05, 3.63) is 42.2 Å². The molecule has 1 N–H and O–H groups in total. The van der Waals surface area contributed by atoms with Gasteiger partial charge >= 0.3 is 0 Å². The number of β-amino-alcohol motifs (C(OH)–C–C–N with tert-alkyl or cyclic N) is 1. The van der Waals surface area contributed by atoms with E-state index in [0.29, 0.717) is 25.5 Å². The van der Waals surface area contributed by atoms with E-state index in [0.717, 1.165) is 18.7 Å². The lowest BCUT2D eigenvalue weighted by Crippen LogP contribution is -2.51. The predicted molar refractivity (Wildman–Crippen MR) is 90.3 cm³/mol. The van der Waals surface area contributed by atoms with Crippen molar-refractivity contribution in [1.82, 2.24) is 35.2 Å². The summed E-state index contributed by atoms with van der Waals surface area (Å²) in [6.07, 6.45) is 4.93. The molecule has 1 fully saturated rings. The van der Waals surface area contributed by atoms with Gasteiger partial charge in [0.25, 0.3) is 0 Å². The minimum Gasteiger partial charge on any atom is -0.386 e. The van der Waals surface area contributed by atoms with Crippen LogP contribution in [0, 0.1) is 6.92 Å². The van der Waals surface area contributed by atoms with Crippen LogP contribution in [0.3, 0.4) is 0 Å². The Morgan fingerprint density at radius 2 is 2.04 bits per heavy atom. The number of hydrogen-bond donors (Lipinski definition) is 1. The first-order chi connectivity index (χ1) is 12.1. The molecule has 4 rings (SSSR count). The minimum atomic E-state index is -0.893. The molecule has 0 spiro atoms. The Kier molecular flexibility index (Phi) is 3.92. The number of aryl methyl sites for hydroxylation is 1. The quantitative estimate of drug-likeness (QED) is 0.742. The van der Waals surface area contributed by atoms with Crippen molar-refractivity contribution < 1.29 is 5.11 Å². The fourth-order valence-electron chi connectivity index (χ4n) is 3.26. The van der Waals surface area contributed by atoms with Crippen LogP contribution in [0.4, 0.5) is 5.95 Å². The molecular formula is C16H20N8O. The first-order valence-corrected chi connectivity index (χ1v) is 8.30. The van der Waals surface area contributed by atoms with Crippen molar-refractivity contribution >= 4 is 5.95 Å². The predicted octanol–water partition coefficient (Wildman–Crippen LogP) is 0.594. The fourth-order valence-corrected chi connectivity index (χ4v) is 3.26. The van der Waals surface area contributed by atoms with E-state index >= 15 is 0 Å². The maximum atomic E-state index is 11.0. The Morgan fingerprint density at radius 1 is 1.20 bits per heavy atom. The highest BCUT2D eigenvalue weighted by Crippen LogP contribution is 2.27. The van der Waals surface area contributed by atoms with Gasteiger partial charge in [-0.1, -0.05) is 28.0 Å². The van der Waals surface area contributed by atoms with Gasteiger partial charge in [0.15, 0.2) is 0 Å². The molecule has 1 unspecified atom stereocenters. The molecule has 9 nitrogen and oxygen atoms in total. The van der Waals surface area contributed by atoms with Crippen LogP contribution in [0.2, 0.25) is 0 Å². The number of anilines is 1. The molecule has 9 heteroatoms. The van der Waals surface area contributed by atoms with Gasteiger partial charge in [-0.3, -0.25) is 0 Å². The van der Waals surface area contributed by atoms with Crippen molar-refractivity contribution in [2.45, 2.75) is 31.9 Å². The Labute approximate surface area is 144 Å². The van der Waals surface area contributed by atoms with Crippen molar-refractivity contribution in [3.8, 4) is 5.69 Å². The number of aliphatic hydroxyl groups is 1. The van der Waals surface area contributed by atoms with Gasteiger partial charge in [0.2, 0.25) is 5.95 Å². The molecule has 1 atom stereocenters. The maximum absolute atomic E-state index is 11.0. The number of aromatic nitrogens is 7. The largest absolute Gasteiger partial charge is 0.386 e. The van der Waals surface area contributed by atoms with Crippen LogP contribution in [0.15, 0.2) is 36.7 Å². The van der Waals surface area contributed by atoms with E-state index < -0.39 is 5.60 Å². The highest BCUT2D eigenvalue weighted by atomic mass is 16.3. The zero-order valence-electron chi connectivity index (χ0n) is 14.0. The van der Waals surface area contributed by atoms with Crippen LogP contribution < -0.4 is 4.90 Å². The summed E-state index contributed by atoms with van der Waals surface area (Å²) in [7, 11) is 0. The molecule has 3 aromatic rings. The van der Waals surface area contributed by atoms with Crippen molar-refractivity contribution in [1.29, 1.82) is 0 Å². The maximum Gasteiger partial charge on any atom is 0.250 e. The van der Waals surface area contributed by atoms with E-state index in [1.54, 1.807) is 21.8 Å². The van der Waals surface area contributed by atoms with E-state index in [-0.39, 0.29) is 0 Å². The Morgan fingerprint density at radius 3 is 2.80 bits per heavy atom. The minimum absolute atomic E-state index is 0.398. The molecular weight excluding hydrogens is 320 g/mol. The topological polar surface area (TPSA) is 97.8 Å². The Balaban J connectivity index is 1.58. The number of hydrogen-bond acceptors (Lipinski definition) is 7. The molecule has 0 bridgehead atoms. The molecule has 0 saturated carbocycles. The second-order valence-corrected chi connectivity index (χ2v) is 6.58. The van der Waals surface area contributed by atoms with Gasteiger partial charge in [-0.2, -0.15) is 4.68 Å². The van der Waals surface area contributed by atoms with Gasteiger partial charge in [0.1, 0.15) is 5.60 Å². The summed E-state index contributed by atoms with van der Waals surface area (Å²) >= 11 is 0. The lowest BCUT2D eigenvalue weighted by molar-refractivity contribution is 0.00556. The average molecular weight is 340 g/mol. The zero-order valence-corrected chi connectivity index (χ0v) is 14.0. The third-order valence-electron chi connectivity index (χ3n) is 4.50. The van der Waals surface area contributed by atoms with E-state index in [9.17, 15) is 5.11 Å². The van der Waals surface area contributed by atoms with Crippen LogP contribution in [-0.2, 0) is 6.54 Å². The van der Waals surface area contributed by atoms with E-state index in [2.05, 4.69) is 25.8 Å². The number of piperidine rings is 1. The number of tetrazole rings is 1. The van der Waals surface area contributed by atoms with Crippen LogP contribution >= 0.6 is 0 Å². The monoisotopic (exact) mass is 340 g/mol. The van der Waals surface area contributed by atoms with Crippen molar-refractivity contribution in [3.63, 3.8) is 0 Å². The summed E-state index contributed by atoms with van der Waals surface area (Å²) in [5.74, 6) is 0.639. The van der Waals surface area contributed by atoms with E-state index in [1.807, 2.05) is 36.1 Å². The second kappa shape index (κ2) is 6.25. The molecule has 0 aliphatic carbocycles. The number of benzene rings is 1. The summed E-state index contributed by atoms with van der Waals surface area (Å²) in [6.45, 7) is 3.68. The third kappa shape index (κ3) is 3.22. The first kappa shape index (κ1) is 15.7. The molecule has 1 aliphatic heterocycles. The summed E-state index contributed by atoms with van der Waals surface area (Å²) in [6, 6.07) is 8.03. The smallest absolute Gasteiger partial charge is 0.250 e. The standard InChI is InChI=1S/C16H20N8O/c1-13-3-5-14(6-4-13)24-15(18-19-21-24)22-9-2-7-16(25,11-22)12-23-10-8-17-20-23/h3-6,8,10,25H,2,7,9,11-12H2,1H3. The highest BCUT2D eigenvalue weighted by Gasteiger charge is 2.36. The second-order valence-electron chi connectivity index (χ2n) is 6.58. The molecule has 1 aromatic carbocycles. The molecule has 130 valence electrons. The van der Waals surface area contributed by atoms with Gasteiger partial charge < -0.3 is 10.0 Å². The zero-order chi connectivity index (χ0) is 17.3. The molecule has 2 aromatic heterocycles. The fraction of sp³-hybridized carbons (Fsp3) is 0.438.